The molecule has 0 spiro atoms. The molecule has 0 saturated carbocycles. The number of nitrogens with one attached hydrogen (secondary N) is 1. The van der Waals surface area contributed by atoms with Crippen LogP contribution in [0.25, 0.3) is 10.9 Å². The van der Waals surface area contributed by atoms with Crippen molar-refractivity contribution in [2.45, 2.75) is 19.1 Å². The summed E-state index contributed by atoms with van der Waals surface area (Å²) in [6.07, 6.45) is -4.57. The van der Waals surface area contributed by atoms with Gasteiger partial charge in [0.2, 0.25) is 0 Å². The summed E-state index contributed by atoms with van der Waals surface area (Å²) >= 11 is 5.01. The highest BCUT2D eigenvalue weighted by Crippen LogP contribution is 2.34. The lowest BCUT2D eigenvalue weighted by Gasteiger charge is -2.18. The van der Waals surface area contributed by atoms with Crippen molar-refractivity contribution < 1.29 is 27.4 Å². The summed E-state index contributed by atoms with van der Waals surface area (Å²) in [5.74, 6) is -0.243. The number of hydrogen-bond acceptors (Lipinski definition) is 6. The van der Waals surface area contributed by atoms with Crippen LogP contribution in [0.2, 0.25) is 0 Å². The van der Waals surface area contributed by atoms with Gasteiger partial charge in [-0.05, 0) is 24.6 Å². The largest absolute Gasteiger partial charge is 0.494 e. The summed E-state index contributed by atoms with van der Waals surface area (Å²) in [6.45, 7) is 1.85. The van der Waals surface area contributed by atoms with Crippen molar-refractivity contribution in [3.63, 3.8) is 0 Å². The second-order valence-corrected chi connectivity index (χ2v) is 5.52. The highest BCUT2D eigenvalue weighted by molar-refractivity contribution is 7.79. The molecule has 1 unspecified atom stereocenters. The van der Waals surface area contributed by atoms with Crippen molar-refractivity contribution in [2.75, 3.05) is 20.3 Å². The number of nitrogens with zero attached hydrogens (tertiary/aromatic N) is 1. The van der Waals surface area contributed by atoms with E-state index in [-0.39, 0.29) is 24.4 Å². The summed E-state index contributed by atoms with van der Waals surface area (Å²) in [5.41, 5.74) is -0.361. The van der Waals surface area contributed by atoms with Gasteiger partial charge >= 0.3 is 12.1 Å². The molecule has 0 saturated heterocycles. The molecule has 2 rings (SSSR count). The zero-order chi connectivity index (χ0) is 19.3. The van der Waals surface area contributed by atoms with E-state index in [1.807, 2.05) is 0 Å². The highest BCUT2D eigenvalue weighted by atomic mass is 32.1. The van der Waals surface area contributed by atoms with Gasteiger partial charge in [-0.25, -0.2) is 4.98 Å². The van der Waals surface area contributed by atoms with Gasteiger partial charge in [-0.2, -0.15) is 13.2 Å². The Morgan fingerprint density at radius 1 is 1.35 bits per heavy atom. The number of hydrogen-bond donors (Lipinski definition) is 1. The Morgan fingerprint density at radius 3 is 2.65 bits per heavy atom. The molecule has 0 aliphatic heterocycles. The van der Waals surface area contributed by atoms with E-state index in [0.717, 1.165) is 6.07 Å². The van der Waals surface area contributed by atoms with Crippen LogP contribution in [0.3, 0.4) is 0 Å². The standard InChI is InChI=1S/C17H17F3N2O3S/c1-3-25-15(23)8-21-12(9-26)10-4-6-13(24-2)16-11(10)5-7-14(22-16)17(18,19)20/h4-7,9,12,21H,3,8H2,1-2H3. The molecule has 1 aromatic heterocycles. The molecular formula is C17H17F3N2O3S. The number of carbonyl (C=O) groups excluding carboxylic acids is 1. The first kappa shape index (κ1) is 20.1. The van der Waals surface area contributed by atoms with E-state index in [2.05, 4.69) is 10.3 Å². The van der Waals surface area contributed by atoms with Gasteiger partial charge in [0.25, 0.3) is 0 Å². The van der Waals surface area contributed by atoms with Gasteiger partial charge in [0.15, 0.2) is 0 Å². The number of ether oxygens (including phenoxy) is 2. The molecule has 1 atom stereocenters. The Bertz CT molecular complexity index is 812. The molecule has 0 amide bonds. The Labute approximate surface area is 153 Å². The number of benzene rings is 1. The number of pyridine rings is 1. The molecule has 0 bridgehead atoms. The number of thiocarbonyl (C=S) groups is 1. The maximum atomic E-state index is 13.0. The van der Waals surface area contributed by atoms with E-state index in [1.54, 1.807) is 13.0 Å². The van der Waals surface area contributed by atoms with Crippen LogP contribution in [0.15, 0.2) is 24.3 Å². The molecule has 0 aliphatic rings. The van der Waals surface area contributed by atoms with Gasteiger partial charge in [-0.3, -0.25) is 10.1 Å². The van der Waals surface area contributed by atoms with E-state index < -0.39 is 23.9 Å². The number of esters is 1. The van der Waals surface area contributed by atoms with Crippen LogP contribution in [0.1, 0.15) is 24.2 Å². The minimum atomic E-state index is -4.57. The Kier molecular flexibility index (Phi) is 6.49. The van der Waals surface area contributed by atoms with Crippen LogP contribution >= 0.6 is 12.2 Å². The first-order chi connectivity index (χ1) is 12.3. The van der Waals surface area contributed by atoms with Crippen molar-refractivity contribution in [1.82, 2.24) is 10.3 Å². The normalized spacial score (nSPS) is 12.7. The minimum Gasteiger partial charge on any atom is -0.494 e. The van der Waals surface area contributed by atoms with Crippen molar-refractivity contribution in [3.8, 4) is 5.75 Å². The zero-order valence-corrected chi connectivity index (χ0v) is 14.9. The molecule has 5 nitrogen and oxygen atoms in total. The van der Waals surface area contributed by atoms with Crippen LogP contribution in [-0.4, -0.2) is 36.6 Å². The van der Waals surface area contributed by atoms with Gasteiger partial charge in [0.1, 0.15) is 17.0 Å². The quantitative estimate of drug-likeness (QED) is 0.581. The van der Waals surface area contributed by atoms with E-state index in [4.69, 9.17) is 21.7 Å². The first-order valence-electron chi connectivity index (χ1n) is 7.71. The maximum absolute atomic E-state index is 13.0. The molecule has 9 heteroatoms. The molecule has 1 heterocycles. The molecule has 1 aromatic carbocycles. The summed E-state index contributed by atoms with van der Waals surface area (Å²) in [5, 5.41) is 4.75. The van der Waals surface area contributed by atoms with Crippen LogP contribution in [0.5, 0.6) is 5.75 Å². The van der Waals surface area contributed by atoms with Gasteiger partial charge in [0, 0.05) is 10.8 Å². The van der Waals surface area contributed by atoms with Gasteiger partial charge in [0.05, 0.1) is 26.3 Å². The third-order valence-corrected chi connectivity index (χ3v) is 3.88. The zero-order valence-electron chi connectivity index (χ0n) is 14.1. The SMILES string of the molecule is CCOC(=O)CNC(C=S)c1ccc(OC)c2nc(C(F)(F)F)ccc12. The van der Waals surface area contributed by atoms with E-state index >= 15 is 0 Å². The summed E-state index contributed by atoms with van der Waals surface area (Å²) < 4.78 is 48.9. The first-order valence-corrected chi connectivity index (χ1v) is 8.18. The predicted octanol–water partition coefficient (Wildman–Crippen LogP) is 3.46. The topological polar surface area (TPSA) is 60.5 Å². The van der Waals surface area contributed by atoms with Gasteiger partial charge in [-0.1, -0.05) is 24.4 Å². The molecule has 140 valence electrons. The smallest absolute Gasteiger partial charge is 0.433 e. The predicted molar refractivity (Wildman–Crippen MR) is 94.3 cm³/mol. The van der Waals surface area contributed by atoms with E-state index in [9.17, 15) is 18.0 Å². The molecule has 2 aromatic rings. The average molecular weight is 386 g/mol. The van der Waals surface area contributed by atoms with Crippen LogP contribution in [0.4, 0.5) is 13.2 Å². The minimum absolute atomic E-state index is 0.0691. The molecular weight excluding hydrogens is 369 g/mol. The van der Waals surface area contributed by atoms with E-state index in [1.165, 1.54) is 24.6 Å². The summed E-state index contributed by atoms with van der Waals surface area (Å²) in [6, 6.07) is 4.85. The average Bonchev–Trinajstić information content (AvgIpc) is 2.61. The molecule has 26 heavy (non-hydrogen) atoms. The number of methoxy groups -OCH3 is 1. The summed E-state index contributed by atoms with van der Waals surface area (Å²) in [4.78, 5) is 15.2. The fourth-order valence-corrected chi connectivity index (χ4v) is 2.69. The van der Waals surface area contributed by atoms with E-state index in [0.29, 0.717) is 10.9 Å². The fourth-order valence-electron chi connectivity index (χ4n) is 2.44. The molecule has 0 radical (unpaired) electrons. The molecule has 1 N–H and O–H groups in total. The summed E-state index contributed by atoms with van der Waals surface area (Å²) in [7, 11) is 1.35. The van der Waals surface area contributed by atoms with Crippen molar-refractivity contribution in [1.29, 1.82) is 0 Å². The number of alkyl halides is 3. The van der Waals surface area contributed by atoms with Crippen molar-refractivity contribution in [3.05, 3.63) is 35.5 Å². The Hall–Kier alpha value is -2.26. The maximum Gasteiger partial charge on any atom is 0.433 e. The molecule has 0 fully saturated rings. The van der Waals surface area contributed by atoms with Crippen LogP contribution in [-0.2, 0) is 15.7 Å². The van der Waals surface area contributed by atoms with Crippen LogP contribution in [0, 0.1) is 0 Å². The highest BCUT2D eigenvalue weighted by Gasteiger charge is 2.33. The lowest BCUT2D eigenvalue weighted by molar-refractivity contribution is -0.142. The van der Waals surface area contributed by atoms with Crippen molar-refractivity contribution >= 4 is 34.5 Å². The number of carbonyl (C=O) groups is 1. The number of halogens is 3. The second kappa shape index (κ2) is 8.41. The lowest BCUT2D eigenvalue weighted by Crippen LogP contribution is -2.29. The van der Waals surface area contributed by atoms with Crippen LogP contribution < -0.4 is 10.1 Å². The monoisotopic (exact) mass is 386 g/mol. The van der Waals surface area contributed by atoms with Gasteiger partial charge < -0.3 is 9.47 Å². The van der Waals surface area contributed by atoms with Crippen molar-refractivity contribution in [2.24, 2.45) is 0 Å². The number of aromatic nitrogens is 1. The van der Waals surface area contributed by atoms with Gasteiger partial charge in [-0.15, -0.1) is 0 Å². The third-order valence-electron chi connectivity index (χ3n) is 3.61. The second-order valence-electron chi connectivity index (χ2n) is 5.25. The third kappa shape index (κ3) is 4.47. The lowest BCUT2D eigenvalue weighted by atomic mass is 10.0. The fraction of sp³-hybridized carbons (Fsp3) is 0.353. The Morgan fingerprint density at radius 2 is 2.08 bits per heavy atom. The Balaban J connectivity index is 2.46. The molecule has 0 aliphatic carbocycles. The number of fused-ring (bicyclic) bond motifs is 1. The number of rotatable bonds is 7.